The molecule has 0 aliphatic carbocycles. The second-order valence-corrected chi connectivity index (χ2v) is 7.01. The summed E-state index contributed by atoms with van der Waals surface area (Å²) in [6.07, 6.45) is 2.23. The van der Waals surface area contributed by atoms with Gasteiger partial charge >= 0.3 is 0 Å². The lowest BCUT2D eigenvalue weighted by molar-refractivity contribution is -0.134. The van der Waals surface area contributed by atoms with Crippen LogP contribution in [0.1, 0.15) is 31.2 Å². The van der Waals surface area contributed by atoms with E-state index in [-0.39, 0.29) is 24.4 Å². The van der Waals surface area contributed by atoms with Crippen LogP contribution in [0.2, 0.25) is 0 Å². The van der Waals surface area contributed by atoms with E-state index in [1.165, 1.54) is 10.5 Å². The molecule has 1 saturated heterocycles. The molecule has 1 amide bonds. The molecule has 0 saturated carbocycles. The number of fused-ring (bicyclic) bond motifs is 1. The third-order valence-electron chi connectivity index (χ3n) is 4.51. The molecule has 0 aromatic heterocycles. The number of nitrogens with zero attached hydrogens (tertiary/aromatic N) is 1. The van der Waals surface area contributed by atoms with Crippen LogP contribution in [0.4, 0.5) is 0 Å². The Morgan fingerprint density at radius 3 is 2.95 bits per heavy atom. The minimum absolute atomic E-state index is 0. The number of piperidine rings is 1. The van der Waals surface area contributed by atoms with E-state index >= 15 is 0 Å². The molecular weight excluding hydrogens is 304 g/mol. The van der Waals surface area contributed by atoms with Crippen molar-refractivity contribution in [3.8, 4) is 0 Å². The van der Waals surface area contributed by atoms with E-state index in [2.05, 4.69) is 19.1 Å². The molecule has 3 atom stereocenters. The van der Waals surface area contributed by atoms with Crippen LogP contribution in [-0.2, 0) is 4.79 Å². The summed E-state index contributed by atoms with van der Waals surface area (Å²) in [6, 6.07) is 8.48. The summed E-state index contributed by atoms with van der Waals surface area (Å²) in [4.78, 5) is 16.1. The number of likely N-dealkylation sites (tertiary alicyclic amines) is 1. The minimum atomic E-state index is 0. The lowest BCUT2D eigenvalue weighted by atomic mass is 9.90. The number of thioether (sulfide) groups is 1. The van der Waals surface area contributed by atoms with Gasteiger partial charge in [0.25, 0.3) is 0 Å². The third-order valence-corrected chi connectivity index (χ3v) is 5.69. The summed E-state index contributed by atoms with van der Waals surface area (Å²) in [5.74, 6) is 1.69. The largest absolute Gasteiger partial charge is 0.342 e. The first-order chi connectivity index (χ1) is 9.66. The molecule has 2 heterocycles. The molecule has 1 aromatic carbocycles. The van der Waals surface area contributed by atoms with E-state index in [1.807, 2.05) is 17.0 Å². The maximum Gasteiger partial charge on any atom is 0.231 e. The molecule has 2 aliphatic heterocycles. The molecular formula is C16H23ClN2OS. The lowest BCUT2D eigenvalue weighted by Crippen LogP contribution is -2.46. The van der Waals surface area contributed by atoms with Gasteiger partial charge in [0, 0.05) is 29.8 Å². The van der Waals surface area contributed by atoms with Crippen LogP contribution in [0.5, 0.6) is 0 Å². The average Bonchev–Trinajstić information content (AvgIpc) is 2.90. The molecule has 3 rings (SSSR count). The molecule has 5 heteroatoms. The molecule has 0 bridgehead atoms. The number of nitrogens with two attached hydrogens (primary N) is 1. The van der Waals surface area contributed by atoms with E-state index in [1.54, 1.807) is 11.8 Å². The smallest absolute Gasteiger partial charge is 0.231 e. The maximum atomic E-state index is 12.8. The monoisotopic (exact) mass is 326 g/mol. The normalized spacial score (nSPS) is 25.9. The second kappa shape index (κ2) is 7.03. The van der Waals surface area contributed by atoms with Gasteiger partial charge in [-0.15, -0.1) is 24.2 Å². The van der Waals surface area contributed by atoms with Gasteiger partial charge in [0.05, 0.1) is 5.92 Å². The molecule has 116 valence electrons. The molecule has 1 fully saturated rings. The second-order valence-electron chi connectivity index (χ2n) is 5.95. The summed E-state index contributed by atoms with van der Waals surface area (Å²) in [5.41, 5.74) is 7.23. The molecule has 2 aliphatic rings. The number of hydrogen-bond donors (Lipinski definition) is 1. The van der Waals surface area contributed by atoms with E-state index in [4.69, 9.17) is 5.73 Å². The van der Waals surface area contributed by atoms with Gasteiger partial charge in [0.1, 0.15) is 0 Å². The average molecular weight is 327 g/mol. The van der Waals surface area contributed by atoms with Crippen LogP contribution in [0, 0.1) is 5.92 Å². The molecule has 3 nitrogen and oxygen atoms in total. The number of benzene rings is 1. The fraction of sp³-hybridized carbons (Fsp3) is 0.562. The van der Waals surface area contributed by atoms with Gasteiger partial charge < -0.3 is 10.6 Å². The standard InChI is InChI=1S/C16H22N2OS.ClH/c1-11(17)12-5-4-8-18(9-12)16(19)14-10-20-15-7-3-2-6-13(14)15;/h2-3,6-7,11-12,14H,4-5,8-10,17H2,1H3;1H. The van der Waals surface area contributed by atoms with Crippen LogP contribution >= 0.6 is 24.2 Å². The number of hydrogen-bond acceptors (Lipinski definition) is 3. The molecule has 1 aromatic rings. The van der Waals surface area contributed by atoms with Crippen LogP contribution in [0.25, 0.3) is 0 Å². The highest BCUT2D eigenvalue weighted by Gasteiger charge is 2.34. The first-order valence-corrected chi connectivity index (χ1v) is 8.41. The Morgan fingerprint density at radius 1 is 1.43 bits per heavy atom. The fourth-order valence-electron chi connectivity index (χ4n) is 3.23. The minimum Gasteiger partial charge on any atom is -0.342 e. The van der Waals surface area contributed by atoms with Crippen molar-refractivity contribution in [2.45, 2.75) is 36.6 Å². The number of amides is 1. The quantitative estimate of drug-likeness (QED) is 0.909. The molecule has 2 N–H and O–H groups in total. The topological polar surface area (TPSA) is 46.3 Å². The summed E-state index contributed by atoms with van der Waals surface area (Å²) in [6.45, 7) is 3.78. The third kappa shape index (κ3) is 3.38. The Kier molecular flexibility index (Phi) is 5.58. The molecule has 3 unspecified atom stereocenters. The van der Waals surface area contributed by atoms with E-state index < -0.39 is 0 Å². The van der Waals surface area contributed by atoms with Gasteiger partial charge in [0.15, 0.2) is 0 Å². The molecule has 0 spiro atoms. The highest BCUT2D eigenvalue weighted by molar-refractivity contribution is 7.99. The Hall–Kier alpha value is -0.710. The fourth-order valence-corrected chi connectivity index (χ4v) is 4.45. The number of halogens is 1. The van der Waals surface area contributed by atoms with Crippen molar-refractivity contribution in [2.24, 2.45) is 11.7 Å². The van der Waals surface area contributed by atoms with E-state index in [9.17, 15) is 4.79 Å². The van der Waals surface area contributed by atoms with Crippen molar-refractivity contribution in [3.63, 3.8) is 0 Å². The SMILES string of the molecule is CC(N)C1CCCN(C(=O)C2CSc3ccccc32)C1.Cl. The Labute approximate surface area is 137 Å². The maximum absolute atomic E-state index is 12.8. The summed E-state index contributed by atoms with van der Waals surface area (Å²) < 4.78 is 0. The molecule has 0 radical (unpaired) electrons. The van der Waals surface area contributed by atoms with Crippen LogP contribution < -0.4 is 5.73 Å². The zero-order chi connectivity index (χ0) is 14.1. The van der Waals surface area contributed by atoms with Crippen LogP contribution in [0.3, 0.4) is 0 Å². The van der Waals surface area contributed by atoms with Crippen molar-refractivity contribution >= 4 is 30.1 Å². The van der Waals surface area contributed by atoms with Crippen LogP contribution in [0.15, 0.2) is 29.2 Å². The predicted octanol–water partition coefficient (Wildman–Crippen LogP) is 2.88. The van der Waals surface area contributed by atoms with Crippen molar-refractivity contribution in [3.05, 3.63) is 29.8 Å². The first kappa shape index (κ1) is 16.7. The molecule has 21 heavy (non-hydrogen) atoms. The van der Waals surface area contributed by atoms with E-state index in [0.29, 0.717) is 11.8 Å². The van der Waals surface area contributed by atoms with Crippen molar-refractivity contribution in [1.29, 1.82) is 0 Å². The zero-order valence-electron chi connectivity index (χ0n) is 12.3. The van der Waals surface area contributed by atoms with Crippen molar-refractivity contribution < 1.29 is 4.79 Å². The van der Waals surface area contributed by atoms with Gasteiger partial charge in [-0.2, -0.15) is 0 Å². The van der Waals surface area contributed by atoms with Crippen molar-refractivity contribution in [1.82, 2.24) is 4.90 Å². The highest BCUT2D eigenvalue weighted by atomic mass is 35.5. The summed E-state index contributed by atoms with van der Waals surface area (Å²) >= 11 is 1.80. The van der Waals surface area contributed by atoms with E-state index in [0.717, 1.165) is 31.7 Å². The number of carbonyl (C=O) groups is 1. The Morgan fingerprint density at radius 2 is 2.19 bits per heavy atom. The van der Waals surface area contributed by atoms with Gasteiger partial charge in [-0.25, -0.2) is 0 Å². The predicted molar refractivity (Wildman–Crippen MR) is 90.1 cm³/mol. The lowest BCUT2D eigenvalue weighted by Gasteiger charge is -2.36. The number of carbonyl (C=O) groups excluding carboxylic acids is 1. The number of rotatable bonds is 2. The van der Waals surface area contributed by atoms with Gasteiger partial charge in [0.2, 0.25) is 5.91 Å². The summed E-state index contributed by atoms with van der Waals surface area (Å²) in [5, 5.41) is 0. The highest BCUT2D eigenvalue weighted by Crippen LogP contribution is 2.40. The van der Waals surface area contributed by atoms with Gasteiger partial charge in [-0.05, 0) is 37.3 Å². The van der Waals surface area contributed by atoms with Gasteiger partial charge in [-0.3, -0.25) is 4.79 Å². The van der Waals surface area contributed by atoms with Crippen LogP contribution in [-0.4, -0.2) is 35.7 Å². The Balaban J connectivity index is 0.00000161. The first-order valence-electron chi connectivity index (χ1n) is 7.43. The van der Waals surface area contributed by atoms with Crippen molar-refractivity contribution in [2.75, 3.05) is 18.8 Å². The van der Waals surface area contributed by atoms with Gasteiger partial charge in [-0.1, -0.05) is 18.2 Å². The summed E-state index contributed by atoms with van der Waals surface area (Å²) in [7, 11) is 0. The Bertz CT molecular complexity index is 509. The zero-order valence-corrected chi connectivity index (χ0v) is 14.0.